The molecule has 7 nitrogen and oxygen atoms in total. The Morgan fingerprint density at radius 3 is 2.49 bits per heavy atom. The third-order valence-electron chi connectivity index (χ3n) is 7.08. The molecular formula is C30H31Cl2N5O2. The van der Waals surface area contributed by atoms with Gasteiger partial charge in [0, 0.05) is 54.2 Å². The van der Waals surface area contributed by atoms with Crippen molar-refractivity contribution < 1.29 is 9.59 Å². The summed E-state index contributed by atoms with van der Waals surface area (Å²) in [6.45, 7) is 2.70. The maximum atomic E-state index is 13.5. The van der Waals surface area contributed by atoms with Crippen molar-refractivity contribution in [2.24, 2.45) is 0 Å². The van der Waals surface area contributed by atoms with Gasteiger partial charge in [0.15, 0.2) is 0 Å². The largest absolute Gasteiger partial charge is 0.361 e. The maximum Gasteiger partial charge on any atom is 0.319 e. The summed E-state index contributed by atoms with van der Waals surface area (Å²) in [6, 6.07) is 21.9. The number of likely N-dealkylation sites (tertiary alicyclic amines) is 1. The van der Waals surface area contributed by atoms with Crippen molar-refractivity contribution in [2.75, 3.05) is 18.4 Å². The Kier molecular flexibility index (Phi) is 8.71. The van der Waals surface area contributed by atoms with Crippen LogP contribution < -0.4 is 16.0 Å². The van der Waals surface area contributed by atoms with Crippen molar-refractivity contribution in [2.45, 2.75) is 37.9 Å². The number of anilines is 1. The zero-order chi connectivity index (χ0) is 27.2. The summed E-state index contributed by atoms with van der Waals surface area (Å²) in [7, 11) is 0. The number of urea groups is 1. The number of benzene rings is 3. The summed E-state index contributed by atoms with van der Waals surface area (Å²) in [5.41, 5.74) is 3.63. The lowest BCUT2D eigenvalue weighted by molar-refractivity contribution is -0.123. The van der Waals surface area contributed by atoms with Crippen molar-refractivity contribution in [3.63, 3.8) is 0 Å². The third kappa shape index (κ3) is 7.12. The fraction of sp³-hybridized carbons (Fsp3) is 0.267. The second kappa shape index (κ2) is 12.6. The number of hydrogen-bond donors (Lipinski definition) is 4. The molecule has 1 atom stereocenters. The van der Waals surface area contributed by atoms with Crippen LogP contribution in [0.15, 0.2) is 79.0 Å². The number of fused-ring (bicyclic) bond motifs is 1. The van der Waals surface area contributed by atoms with E-state index in [4.69, 9.17) is 23.2 Å². The molecular weight excluding hydrogens is 533 g/mol. The molecule has 0 aliphatic carbocycles. The summed E-state index contributed by atoms with van der Waals surface area (Å²) in [4.78, 5) is 32.1. The highest BCUT2D eigenvalue weighted by atomic mass is 35.5. The Morgan fingerprint density at radius 1 is 0.974 bits per heavy atom. The highest BCUT2D eigenvalue weighted by Crippen LogP contribution is 2.25. The van der Waals surface area contributed by atoms with Gasteiger partial charge in [0.1, 0.15) is 6.04 Å². The van der Waals surface area contributed by atoms with E-state index in [1.165, 1.54) is 5.56 Å². The minimum Gasteiger partial charge on any atom is -0.361 e. The van der Waals surface area contributed by atoms with Gasteiger partial charge in [0.25, 0.3) is 0 Å². The Bertz CT molecular complexity index is 1430. The molecule has 202 valence electrons. The van der Waals surface area contributed by atoms with Gasteiger partial charge in [0.2, 0.25) is 5.91 Å². The monoisotopic (exact) mass is 563 g/mol. The van der Waals surface area contributed by atoms with E-state index in [0.29, 0.717) is 22.2 Å². The summed E-state index contributed by atoms with van der Waals surface area (Å²) in [6.07, 6.45) is 3.93. The van der Waals surface area contributed by atoms with E-state index in [9.17, 15) is 9.59 Å². The molecule has 0 spiro atoms. The predicted molar refractivity (Wildman–Crippen MR) is 157 cm³/mol. The summed E-state index contributed by atoms with van der Waals surface area (Å²) in [5, 5.41) is 10.6. The molecule has 3 aromatic carbocycles. The van der Waals surface area contributed by atoms with Crippen LogP contribution in [-0.4, -0.2) is 47.0 Å². The molecule has 2 heterocycles. The predicted octanol–water partition coefficient (Wildman–Crippen LogP) is 5.99. The number of rotatable bonds is 8. The molecule has 1 fully saturated rings. The normalized spacial score (nSPS) is 15.1. The van der Waals surface area contributed by atoms with Crippen molar-refractivity contribution in [1.82, 2.24) is 20.5 Å². The van der Waals surface area contributed by atoms with Crippen LogP contribution in [0.5, 0.6) is 0 Å². The van der Waals surface area contributed by atoms with E-state index in [0.717, 1.165) is 48.9 Å². The van der Waals surface area contributed by atoms with E-state index < -0.39 is 12.1 Å². The molecule has 9 heteroatoms. The highest BCUT2D eigenvalue weighted by Gasteiger charge is 2.27. The molecule has 39 heavy (non-hydrogen) atoms. The number of aromatic amines is 1. The second-order valence-electron chi connectivity index (χ2n) is 9.88. The van der Waals surface area contributed by atoms with Crippen LogP contribution in [-0.2, 0) is 17.8 Å². The van der Waals surface area contributed by atoms with E-state index in [1.54, 1.807) is 18.2 Å². The smallest absolute Gasteiger partial charge is 0.319 e. The van der Waals surface area contributed by atoms with E-state index in [2.05, 4.69) is 50.1 Å². The molecule has 0 bridgehead atoms. The summed E-state index contributed by atoms with van der Waals surface area (Å²) >= 11 is 12.2. The Morgan fingerprint density at radius 2 is 1.72 bits per heavy atom. The van der Waals surface area contributed by atoms with Crippen LogP contribution in [0.3, 0.4) is 0 Å². The van der Waals surface area contributed by atoms with Gasteiger partial charge in [-0.15, -0.1) is 0 Å². The first kappa shape index (κ1) is 27.1. The number of amides is 3. The van der Waals surface area contributed by atoms with Gasteiger partial charge in [0.05, 0.1) is 10.7 Å². The van der Waals surface area contributed by atoms with Crippen LogP contribution in [0.4, 0.5) is 10.5 Å². The topological polar surface area (TPSA) is 89.3 Å². The number of piperidine rings is 1. The lowest BCUT2D eigenvalue weighted by Crippen LogP contribution is -2.53. The first-order chi connectivity index (χ1) is 18.9. The number of nitrogens with zero attached hydrogens (tertiary/aromatic N) is 1. The number of halogens is 2. The number of nitrogens with one attached hydrogen (secondary N) is 4. The molecule has 1 aliphatic heterocycles. The van der Waals surface area contributed by atoms with Crippen LogP contribution in [0, 0.1) is 0 Å². The van der Waals surface area contributed by atoms with E-state index in [1.807, 2.05) is 36.5 Å². The first-order valence-corrected chi connectivity index (χ1v) is 13.8. The molecule has 1 aromatic heterocycles. The fourth-order valence-electron chi connectivity index (χ4n) is 5.02. The lowest BCUT2D eigenvalue weighted by Gasteiger charge is -2.33. The molecule has 5 rings (SSSR count). The van der Waals surface area contributed by atoms with Crippen molar-refractivity contribution in [1.29, 1.82) is 0 Å². The van der Waals surface area contributed by atoms with Gasteiger partial charge in [-0.05, 0) is 48.2 Å². The van der Waals surface area contributed by atoms with Crippen LogP contribution in [0.2, 0.25) is 10.0 Å². The zero-order valence-electron chi connectivity index (χ0n) is 21.4. The number of H-pyrrole nitrogens is 1. The number of para-hydroxylation sites is 1. The zero-order valence-corrected chi connectivity index (χ0v) is 22.9. The van der Waals surface area contributed by atoms with E-state index >= 15 is 0 Å². The number of aromatic nitrogens is 1. The van der Waals surface area contributed by atoms with Crippen LogP contribution >= 0.6 is 23.2 Å². The minimum absolute atomic E-state index is 0.0468. The number of hydrogen-bond acceptors (Lipinski definition) is 3. The first-order valence-electron chi connectivity index (χ1n) is 13.1. The maximum absolute atomic E-state index is 13.5. The van der Waals surface area contributed by atoms with Gasteiger partial charge in [-0.3, -0.25) is 9.69 Å². The van der Waals surface area contributed by atoms with Crippen LogP contribution in [0.1, 0.15) is 24.0 Å². The molecule has 1 aliphatic rings. The average molecular weight is 565 g/mol. The minimum atomic E-state index is -0.780. The molecule has 0 saturated carbocycles. The number of carbonyl (C=O) groups excluding carboxylic acids is 2. The molecule has 3 amide bonds. The second-order valence-corrected chi connectivity index (χ2v) is 10.7. The molecule has 4 N–H and O–H groups in total. The van der Waals surface area contributed by atoms with Crippen molar-refractivity contribution in [3.8, 4) is 0 Å². The fourth-order valence-corrected chi connectivity index (χ4v) is 5.47. The van der Waals surface area contributed by atoms with Crippen molar-refractivity contribution >= 4 is 51.7 Å². The SMILES string of the molecule is O=C(Nc1ccc(Cl)cc1Cl)NC(Cc1c[nH]c2ccccc12)C(=O)NC1CCN(Cc2ccccc2)CC1. The molecule has 0 radical (unpaired) electrons. The number of carbonyl (C=O) groups is 2. The Labute approximate surface area is 237 Å². The van der Waals surface area contributed by atoms with E-state index in [-0.39, 0.29) is 11.9 Å². The molecule has 4 aromatic rings. The highest BCUT2D eigenvalue weighted by molar-refractivity contribution is 6.36. The standard InChI is InChI=1S/C30H31Cl2N5O2/c31-22-10-11-27(25(32)17-22)35-30(39)36-28(16-21-18-33-26-9-5-4-8-24(21)26)29(38)34-23-12-14-37(15-13-23)19-20-6-2-1-3-7-20/h1-11,17-18,23,28,33H,12-16,19H2,(H,34,38)(H2,35,36,39). The van der Waals surface area contributed by atoms with Gasteiger partial charge in [-0.1, -0.05) is 71.7 Å². The average Bonchev–Trinajstić information content (AvgIpc) is 3.34. The van der Waals surface area contributed by atoms with Gasteiger partial charge < -0.3 is 20.9 Å². The summed E-state index contributed by atoms with van der Waals surface area (Å²) < 4.78 is 0. The van der Waals surface area contributed by atoms with Gasteiger partial charge in [-0.25, -0.2) is 4.79 Å². The van der Waals surface area contributed by atoms with Crippen LogP contribution in [0.25, 0.3) is 10.9 Å². The van der Waals surface area contributed by atoms with Crippen molar-refractivity contribution in [3.05, 3.63) is 100 Å². The van der Waals surface area contributed by atoms with Gasteiger partial charge >= 0.3 is 6.03 Å². The Hall–Kier alpha value is -3.52. The lowest BCUT2D eigenvalue weighted by atomic mass is 10.0. The third-order valence-corrected chi connectivity index (χ3v) is 7.63. The quantitative estimate of drug-likeness (QED) is 0.212. The molecule has 1 saturated heterocycles. The Balaban J connectivity index is 1.24. The molecule has 1 unspecified atom stereocenters. The van der Waals surface area contributed by atoms with Gasteiger partial charge in [-0.2, -0.15) is 0 Å². The summed E-state index contributed by atoms with van der Waals surface area (Å²) in [5.74, 6) is -0.209.